The van der Waals surface area contributed by atoms with Crippen LogP contribution in [0.5, 0.6) is 0 Å². The summed E-state index contributed by atoms with van der Waals surface area (Å²) in [5.74, 6) is 0.452. The molecule has 28 heavy (non-hydrogen) atoms. The lowest BCUT2D eigenvalue weighted by Gasteiger charge is -2.33. The van der Waals surface area contributed by atoms with E-state index in [1.54, 1.807) is 6.07 Å². The first kappa shape index (κ1) is 20.6. The fraction of sp³-hybridized carbons (Fsp3) is 0.636. The highest BCUT2D eigenvalue weighted by atomic mass is 16.5. The van der Waals surface area contributed by atoms with Crippen molar-refractivity contribution in [3.8, 4) is 0 Å². The summed E-state index contributed by atoms with van der Waals surface area (Å²) < 4.78 is 5.62. The molecule has 3 rings (SSSR count). The van der Waals surface area contributed by atoms with Crippen LogP contribution in [0.1, 0.15) is 56.8 Å². The third kappa shape index (κ3) is 5.25. The summed E-state index contributed by atoms with van der Waals surface area (Å²) in [6.07, 6.45) is 4.40. The van der Waals surface area contributed by atoms with Crippen molar-refractivity contribution >= 4 is 23.2 Å². The largest absolute Gasteiger partial charge is 0.376 e. The summed E-state index contributed by atoms with van der Waals surface area (Å²) >= 11 is 0. The lowest BCUT2D eigenvalue weighted by atomic mass is 9.97. The molecule has 2 amide bonds. The predicted octanol–water partition coefficient (Wildman–Crippen LogP) is 3.43. The van der Waals surface area contributed by atoms with E-state index in [0.29, 0.717) is 17.8 Å². The van der Waals surface area contributed by atoms with E-state index in [1.807, 2.05) is 26.0 Å². The molecule has 154 valence electrons. The molecule has 0 bridgehead atoms. The molecule has 2 saturated heterocycles. The minimum Gasteiger partial charge on any atom is -0.376 e. The molecule has 1 aromatic carbocycles. The standard InChI is InChI=1S/C22H33N3O3/c1-15(2)21(26)24-17-6-7-20(25-10-8-16(3)9-11-25)19(13-17)22(27)23-14-18-5-4-12-28-18/h6-7,13,15-16,18H,4-5,8-12,14H2,1-3H3,(H,23,27)(H,24,26)/t18-/m1/s1. The molecule has 0 spiro atoms. The molecule has 0 radical (unpaired) electrons. The number of rotatable bonds is 6. The van der Waals surface area contributed by atoms with Crippen LogP contribution in [0.3, 0.4) is 0 Å². The van der Waals surface area contributed by atoms with Crippen molar-refractivity contribution < 1.29 is 14.3 Å². The Labute approximate surface area is 168 Å². The number of ether oxygens (including phenoxy) is 1. The zero-order chi connectivity index (χ0) is 20.1. The summed E-state index contributed by atoms with van der Waals surface area (Å²) in [5.41, 5.74) is 2.23. The molecular formula is C22H33N3O3. The monoisotopic (exact) mass is 387 g/mol. The van der Waals surface area contributed by atoms with Crippen LogP contribution in [0.25, 0.3) is 0 Å². The van der Waals surface area contributed by atoms with E-state index >= 15 is 0 Å². The maximum Gasteiger partial charge on any atom is 0.253 e. The third-order valence-electron chi connectivity index (χ3n) is 5.67. The first-order chi connectivity index (χ1) is 13.4. The minimum atomic E-state index is -0.111. The van der Waals surface area contributed by atoms with E-state index in [1.165, 1.54) is 0 Å². The molecule has 2 N–H and O–H groups in total. The second kappa shape index (κ2) is 9.41. The molecule has 0 aliphatic carbocycles. The number of nitrogens with one attached hydrogen (secondary N) is 2. The summed E-state index contributed by atoms with van der Waals surface area (Å²) in [6, 6.07) is 5.66. The zero-order valence-corrected chi connectivity index (χ0v) is 17.3. The van der Waals surface area contributed by atoms with Crippen LogP contribution < -0.4 is 15.5 Å². The van der Waals surface area contributed by atoms with Crippen LogP contribution in [-0.2, 0) is 9.53 Å². The lowest BCUT2D eigenvalue weighted by Crippen LogP contribution is -2.36. The van der Waals surface area contributed by atoms with Gasteiger partial charge in [-0.15, -0.1) is 0 Å². The number of benzene rings is 1. The number of carbonyl (C=O) groups excluding carboxylic acids is 2. The number of hydrogen-bond donors (Lipinski definition) is 2. The quantitative estimate of drug-likeness (QED) is 0.785. The van der Waals surface area contributed by atoms with Crippen molar-refractivity contribution in [3.63, 3.8) is 0 Å². The highest BCUT2D eigenvalue weighted by molar-refractivity contribution is 6.02. The second-order valence-electron chi connectivity index (χ2n) is 8.39. The fourth-order valence-electron chi connectivity index (χ4n) is 3.71. The van der Waals surface area contributed by atoms with Crippen LogP contribution in [0.2, 0.25) is 0 Å². The number of carbonyl (C=O) groups is 2. The van der Waals surface area contributed by atoms with Crippen LogP contribution in [0.4, 0.5) is 11.4 Å². The maximum atomic E-state index is 13.0. The van der Waals surface area contributed by atoms with Crippen molar-refractivity contribution in [2.24, 2.45) is 11.8 Å². The Bertz CT molecular complexity index is 690. The first-order valence-electron chi connectivity index (χ1n) is 10.5. The average Bonchev–Trinajstić information content (AvgIpc) is 3.20. The SMILES string of the molecule is CC1CCN(c2ccc(NC(=O)C(C)C)cc2C(=O)NC[C@H]2CCCO2)CC1. The van der Waals surface area contributed by atoms with E-state index in [-0.39, 0.29) is 23.8 Å². The lowest BCUT2D eigenvalue weighted by molar-refractivity contribution is -0.118. The molecule has 2 aliphatic heterocycles. The Morgan fingerprint density at radius 1 is 1.21 bits per heavy atom. The fourth-order valence-corrected chi connectivity index (χ4v) is 3.71. The minimum absolute atomic E-state index is 0.0507. The molecule has 2 heterocycles. The molecule has 0 unspecified atom stereocenters. The highest BCUT2D eigenvalue weighted by Crippen LogP contribution is 2.29. The molecule has 0 saturated carbocycles. The van der Waals surface area contributed by atoms with Gasteiger partial charge in [-0.05, 0) is 49.8 Å². The van der Waals surface area contributed by atoms with Gasteiger partial charge in [0.2, 0.25) is 5.91 Å². The van der Waals surface area contributed by atoms with Crippen molar-refractivity contribution in [1.29, 1.82) is 0 Å². The van der Waals surface area contributed by atoms with Gasteiger partial charge in [0.1, 0.15) is 0 Å². The summed E-state index contributed by atoms with van der Waals surface area (Å²) in [6.45, 7) is 9.18. The highest BCUT2D eigenvalue weighted by Gasteiger charge is 2.23. The van der Waals surface area contributed by atoms with Gasteiger partial charge < -0.3 is 20.3 Å². The van der Waals surface area contributed by atoms with Crippen LogP contribution in [-0.4, -0.2) is 44.2 Å². The van der Waals surface area contributed by atoms with E-state index < -0.39 is 0 Å². The van der Waals surface area contributed by atoms with Gasteiger partial charge in [-0.3, -0.25) is 9.59 Å². The summed E-state index contributed by atoms with van der Waals surface area (Å²) in [7, 11) is 0. The molecule has 6 heteroatoms. The summed E-state index contributed by atoms with van der Waals surface area (Å²) in [4.78, 5) is 27.4. The number of nitrogens with zero attached hydrogens (tertiary/aromatic N) is 1. The number of amides is 2. The molecule has 0 aromatic heterocycles. The predicted molar refractivity (Wildman–Crippen MR) is 112 cm³/mol. The molecular weight excluding hydrogens is 354 g/mol. The van der Waals surface area contributed by atoms with E-state index in [4.69, 9.17) is 4.74 Å². The number of hydrogen-bond acceptors (Lipinski definition) is 4. The Hall–Kier alpha value is -2.08. The molecule has 2 aliphatic rings. The Morgan fingerprint density at radius 2 is 1.96 bits per heavy atom. The van der Waals surface area contributed by atoms with Gasteiger partial charge in [-0.2, -0.15) is 0 Å². The van der Waals surface area contributed by atoms with E-state index in [0.717, 1.165) is 57.0 Å². The summed E-state index contributed by atoms with van der Waals surface area (Å²) in [5, 5.41) is 5.94. The number of anilines is 2. The maximum absolute atomic E-state index is 13.0. The van der Waals surface area contributed by atoms with Gasteiger partial charge in [-0.1, -0.05) is 20.8 Å². The van der Waals surface area contributed by atoms with Gasteiger partial charge in [0.25, 0.3) is 5.91 Å². The molecule has 1 aromatic rings. The number of piperidine rings is 1. The Morgan fingerprint density at radius 3 is 2.61 bits per heavy atom. The van der Waals surface area contributed by atoms with Crippen LogP contribution in [0, 0.1) is 11.8 Å². The van der Waals surface area contributed by atoms with Crippen molar-refractivity contribution in [1.82, 2.24) is 5.32 Å². The van der Waals surface area contributed by atoms with E-state index in [9.17, 15) is 9.59 Å². The van der Waals surface area contributed by atoms with E-state index in [2.05, 4.69) is 22.5 Å². The van der Waals surface area contributed by atoms with Crippen LogP contribution >= 0.6 is 0 Å². The zero-order valence-electron chi connectivity index (χ0n) is 17.3. The first-order valence-corrected chi connectivity index (χ1v) is 10.5. The van der Waals surface area contributed by atoms with Crippen molar-refractivity contribution in [2.75, 3.05) is 36.5 Å². The van der Waals surface area contributed by atoms with Crippen molar-refractivity contribution in [3.05, 3.63) is 23.8 Å². The Balaban J connectivity index is 1.78. The Kier molecular flexibility index (Phi) is 6.94. The van der Waals surface area contributed by atoms with Gasteiger partial charge in [-0.25, -0.2) is 0 Å². The normalized spacial score (nSPS) is 20.4. The average molecular weight is 388 g/mol. The van der Waals surface area contributed by atoms with Crippen molar-refractivity contribution in [2.45, 2.75) is 52.6 Å². The van der Waals surface area contributed by atoms with Gasteiger partial charge in [0.15, 0.2) is 0 Å². The van der Waals surface area contributed by atoms with Crippen LogP contribution in [0.15, 0.2) is 18.2 Å². The molecule has 6 nitrogen and oxygen atoms in total. The van der Waals surface area contributed by atoms with Gasteiger partial charge in [0.05, 0.1) is 11.7 Å². The van der Waals surface area contributed by atoms with Gasteiger partial charge in [0, 0.05) is 43.5 Å². The topological polar surface area (TPSA) is 70.7 Å². The molecule has 1 atom stereocenters. The smallest absolute Gasteiger partial charge is 0.253 e. The third-order valence-corrected chi connectivity index (χ3v) is 5.67. The molecule has 2 fully saturated rings. The second-order valence-corrected chi connectivity index (χ2v) is 8.39. The van der Waals surface area contributed by atoms with Gasteiger partial charge >= 0.3 is 0 Å².